The number of hydrogen-bond donors (Lipinski definition) is 4. The summed E-state index contributed by atoms with van der Waals surface area (Å²) in [5.74, 6) is -1.20. The van der Waals surface area contributed by atoms with Crippen molar-refractivity contribution in [2.45, 2.75) is 51.0 Å². The second-order valence-corrected chi connectivity index (χ2v) is 8.32. The predicted molar refractivity (Wildman–Crippen MR) is 98.8 cm³/mol. The van der Waals surface area contributed by atoms with Crippen LogP contribution in [0.5, 0.6) is 5.75 Å². The zero-order valence-corrected chi connectivity index (χ0v) is 16.7. The van der Waals surface area contributed by atoms with Crippen molar-refractivity contribution in [3.8, 4) is 5.75 Å². The van der Waals surface area contributed by atoms with Gasteiger partial charge in [-0.3, -0.25) is 14.2 Å². The van der Waals surface area contributed by atoms with Crippen LogP contribution in [0.4, 0.5) is 5.69 Å². The number of rotatable bonds is 7. The highest BCUT2D eigenvalue weighted by atomic mass is 31.2. The van der Waals surface area contributed by atoms with Gasteiger partial charge in [0.25, 0.3) is 0 Å². The fraction of sp³-hybridized carbons (Fsp3) is 0.529. The molecule has 1 saturated heterocycles. The van der Waals surface area contributed by atoms with E-state index in [1.807, 2.05) is 0 Å². The fourth-order valence-electron chi connectivity index (χ4n) is 2.84. The molecule has 0 saturated carbocycles. The molecule has 1 fully saturated rings. The lowest BCUT2D eigenvalue weighted by atomic mass is 9.96. The number of hydrogen-bond acceptors (Lipinski definition) is 9. The average Bonchev–Trinajstić information content (AvgIpc) is 2.59. The fourth-order valence-corrected chi connectivity index (χ4v) is 3.43. The largest absolute Gasteiger partial charge is 0.461 e. The third-order valence-corrected chi connectivity index (χ3v) is 4.90. The number of carbonyl (C=O) groups is 2. The minimum Gasteiger partial charge on any atom is -0.461 e. The van der Waals surface area contributed by atoms with Crippen LogP contribution in [0.2, 0.25) is 0 Å². The molecule has 1 aromatic rings. The molecule has 29 heavy (non-hydrogen) atoms. The maximum absolute atomic E-state index is 11.6. The molecule has 0 aliphatic carbocycles. The predicted octanol–water partition coefficient (Wildman–Crippen LogP) is 0.165. The van der Waals surface area contributed by atoms with Crippen LogP contribution in [0.3, 0.4) is 0 Å². The Balaban J connectivity index is 2.32. The maximum atomic E-state index is 11.6. The monoisotopic (exact) mass is 433 g/mol. The summed E-state index contributed by atoms with van der Waals surface area (Å²) in [5.41, 5.74) is 6.11. The van der Waals surface area contributed by atoms with Crippen molar-refractivity contribution in [1.29, 1.82) is 0 Å². The lowest BCUT2D eigenvalue weighted by Crippen LogP contribution is -2.61. The molecule has 0 radical (unpaired) electrons. The van der Waals surface area contributed by atoms with E-state index in [2.05, 4.69) is 0 Å². The van der Waals surface area contributed by atoms with Crippen LogP contribution in [0.1, 0.15) is 20.3 Å². The van der Waals surface area contributed by atoms with Crippen molar-refractivity contribution in [3.05, 3.63) is 24.3 Å². The van der Waals surface area contributed by atoms with Crippen LogP contribution in [-0.2, 0) is 28.4 Å². The molecule has 12 heteroatoms. The van der Waals surface area contributed by atoms with Gasteiger partial charge in [0.2, 0.25) is 12.4 Å². The van der Waals surface area contributed by atoms with E-state index in [-0.39, 0.29) is 12.2 Å². The summed E-state index contributed by atoms with van der Waals surface area (Å²) in [5, 5.41) is 10.6. The van der Waals surface area contributed by atoms with Crippen molar-refractivity contribution in [1.82, 2.24) is 0 Å². The third-order valence-electron chi connectivity index (χ3n) is 4.06. The van der Waals surface area contributed by atoms with E-state index >= 15 is 0 Å². The Bertz CT molecular complexity index is 764. The van der Waals surface area contributed by atoms with Gasteiger partial charge in [-0.05, 0) is 30.7 Å². The number of carbonyl (C=O) groups excluding carboxylic acids is 2. The van der Waals surface area contributed by atoms with E-state index in [0.29, 0.717) is 5.69 Å². The molecule has 1 aliphatic heterocycles. The smallest absolute Gasteiger partial charge is 0.325 e. The van der Waals surface area contributed by atoms with E-state index in [1.54, 1.807) is 12.1 Å². The van der Waals surface area contributed by atoms with Crippen LogP contribution in [0, 0.1) is 0 Å². The molecule has 5 atom stereocenters. The molecule has 2 rings (SSSR count). The summed E-state index contributed by atoms with van der Waals surface area (Å²) in [4.78, 5) is 41.3. The summed E-state index contributed by atoms with van der Waals surface area (Å²) in [6.07, 6.45) is -7.51. The lowest BCUT2D eigenvalue weighted by Gasteiger charge is -2.43. The van der Waals surface area contributed by atoms with Crippen molar-refractivity contribution < 1.29 is 48.0 Å². The van der Waals surface area contributed by atoms with Gasteiger partial charge in [-0.25, -0.2) is 0 Å². The quantitative estimate of drug-likeness (QED) is 0.262. The standard InChI is InChI=1S/C17H24NO10P/c1-9(19)25-15-14(21)13(7-8-29(22,23)24)28-17(16(15)26-10(2)20)27-12-5-3-11(18)4-6-12/h3-6,13-17,21H,7-8,18H2,1-2H3,(H2,22,23,24)/t13-,14-,15+,16+,17+/m1/s1. The number of aliphatic hydroxyl groups excluding tert-OH is 1. The second-order valence-electron chi connectivity index (χ2n) is 6.55. The Morgan fingerprint density at radius 2 is 1.66 bits per heavy atom. The summed E-state index contributed by atoms with van der Waals surface area (Å²) >= 11 is 0. The molecule has 0 bridgehead atoms. The van der Waals surface area contributed by atoms with Gasteiger partial charge >= 0.3 is 19.5 Å². The molecule has 0 amide bonds. The molecule has 5 N–H and O–H groups in total. The number of benzene rings is 1. The summed E-state index contributed by atoms with van der Waals surface area (Å²) in [7, 11) is -4.37. The highest BCUT2D eigenvalue weighted by Crippen LogP contribution is 2.38. The number of nitrogen functional groups attached to an aromatic ring is 1. The van der Waals surface area contributed by atoms with Gasteiger partial charge in [-0.15, -0.1) is 0 Å². The molecule has 1 heterocycles. The molecule has 0 aromatic heterocycles. The van der Waals surface area contributed by atoms with Crippen LogP contribution in [-0.4, -0.2) is 63.7 Å². The number of ether oxygens (including phenoxy) is 4. The molecule has 1 aromatic carbocycles. The van der Waals surface area contributed by atoms with Crippen LogP contribution < -0.4 is 10.5 Å². The first-order chi connectivity index (χ1) is 13.5. The molecular weight excluding hydrogens is 409 g/mol. The number of nitrogens with two attached hydrogens (primary N) is 1. The zero-order valence-electron chi connectivity index (χ0n) is 15.8. The van der Waals surface area contributed by atoms with Crippen molar-refractivity contribution in [2.75, 3.05) is 11.9 Å². The molecule has 11 nitrogen and oxygen atoms in total. The maximum Gasteiger partial charge on any atom is 0.325 e. The van der Waals surface area contributed by atoms with E-state index < -0.39 is 56.4 Å². The van der Waals surface area contributed by atoms with E-state index in [9.17, 15) is 19.3 Å². The van der Waals surface area contributed by atoms with Gasteiger partial charge in [-0.1, -0.05) is 0 Å². The second kappa shape index (κ2) is 9.55. The minimum atomic E-state index is -4.37. The summed E-state index contributed by atoms with van der Waals surface area (Å²) in [6.45, 7) is 2.23. The number of anilines is 1. The Morgan fingerprint density at radius 3 is 2.17 bits per heavy atom. The summed E-state index contributed by atoms with van der Waals surface area (Å²) < 4.78 is 32.8. The van der Waals surface area contributed by atoms with Gasteiger partial charge < -0.3 is 39.6 Å². The topological polar surface area (TPSA) is 175 Å². The first-order valence-electron chi connectivity index (χ1n) is 8.71. The van der Waals surface area contributed by atoms with Gasteiger partial charge in [0.1, 0.15) is 11.9 Å². The van der Waals surface area contributed by atoms with Gasteiger partial charge in [0.15, 0.2) is 6.10 Å². The third kappa shape index (κ3) is 6.98. The molecular formula is C17H24NO10P. The van der Waals surface area contributed by atoms with Crippen LogP contribution in [0.15, 0.2) is 24.3 Å². The van der Waals surface area contributed by atoms with E-state index in [0.717, 1.165) is 13.8 Å². The SMILES string of the molecule is CC(=O)O[C@@H]1[C@@H](Oc2ccc(N)cc2)O[C@H](CCP(=O)(O)O)[C@@H](O)[C@@H]1OC(C)=O. The number of aliphatic hydroxyl groups is 1. The Labute approximate surface area is 166 Å². The van der Waals surface area contributed by atoms with Crippen molar-refractivity contribution in [3.63, 3.8) is 0 Å². The van der Waals surface area contributed by atoms with Gasteiger partial charge in [-0.2, -0.15) is 0 Å². The molecule has 162 valence electrons. The molecule has 1 aliphatic rings. The van der Waals surface area contributed by atoms with Crippen LogP contribution in [0.25, 0.3) is 0 Å². The Morgan fingerprint density at radius 1 is 1.10 bits per heavy atom. The van der Waals surface area contributed by atoms with Gasteiger partial charge in [0, 0.05) is 19.5 Å². The zero-order chi connectivity index (χ0) is 21.8. The highest BCUT2D eigenvalue weighted by Gasteiger charge is 2.50. The normalized spacial score (nSPS) is 27.1. The number of esters is 2. The summed E-state index contributed by atoms with van der Waals surface area (Å²) in [6, 6.07) is 6.17. The van der Waals surface area contributed by atoms with Gasteiger partial charge in [0.05, 0.1) is 12.3 Å². The Hall–Kier alpha value is -2.17. The minimum absolute atomic E-state index is 0.252. The molecule has 0 unspecified atom stereocenters. The average molecular weight is 433 g/mol. The Kier molecular flexibility index (Phi) is 7.61. The first kappa shape index (κ1) is 23.1. The van der Waals surface area contributed by atoms with Crippen LogP contribution >= 0.6 is 7.60 Å². The molecule has 0 spiro atoms. The first-order valence-corrected chi connectivity index (χ1v) is 10.5. The lowest BCUT2D eigenvalue weighted by molar-refractivity contribution is -0.280. The van der Waals surface area contributed by atoms with Crippen molar-refractivity contribution >= 4 is 25.2 Å². The van der Waals surface area contributed by atoms with E-state index in [4.69, 9.17) is 34.5 Å². The van der Waals surface area contributed by atoms with E-state index in [1.165, 1.54) is 12.1 Å². The highest BCUT2D eigenvalue weighted by molar-refractivity contribution is 7.51. The van der Waals surface area contributed by atoms with Crippen molar-refractivity contribution in [2.24, 2.45) is 0 Å².